The third-order valence-electron chi connectivity index (χ3n) is 2.39. The maximum absolute atomic E-state index is 11.5. The number of amides is 1. The summed E-state index contributed by atoms with van der Waals surface area (Å²) in [5, 5.41) is 15.0. The van der Waals surface area contributed by atoms with Crippen molar-refractivity contribution in [1.82, 2.24) is 5.32 Å². The largest absolute Gasteiger partial charge is 0.444 e. The van der Waals surface area contributed by atoms with Crippen LogP contribution < -0.4 is 10.6 Å². The molecule has 5 heteroatoms. The quantitative estimate of drug-likeness (QED) is 0.775. The van der Waals surface area contributed by atoms with Gasteiger partial charge in [-0.2, -0.15) is 0 Å². The van der Waals surface area contributed by atoms with Crippen molar-refractivity contribution in [1.29, 1.82) is 0 Å². The van der Waals surface area contributed by atoms with Gasteiger partial charge in [-0.3, -0.25) is 0 Å². The first-order chi connectivity index (χ1) is 9.26. The lowest BCUT2D eigenvalue weighted by atomic mass is 10.2. The Kier molecular flexibility index (Phi) is 5.82. The first-order valence-corrected chi connectivity index (χ1v) is 6.74. The minimum absolute atomic E-state index is 0.386. The van der Waals surface area contributed by atoms with Gasteiger partial charge in [-0.25, -0.2) is 4.79 Å². The number of alkyl carbamates (subject to hydrolysis) is 1. The van der Waals surface area contributed by atoms with E-state index in [2.05, 4.69) is 10.6 Å². The van der Waals surface area contributed by atoms with Crippen molar-refractivity contribution in [3.05, 3.63) is 29.8 Å². The van der Waals surface area contributed by atoms with Gasteiger partial charge in [-0.05, 0) is 45.4 Å². The smallest absolute Gasteiger partial charge is 0.407 e. The monoisotopic (exact) mass is 280 g/mol. The van der Waals surface area contributed by atoms with Crippen LogP contribution in [0.3, 0.4) is 0 Å². The lowest BCUT2D eigenvalue weighted by Crippen LogP contribution is -2.32. The number of anilines is 1. The molecule has 1 amide bonds. The number of aliphatic hydroxyl groups is 1. The van der Waals surface area contributed by atoms with Crippen LogP contribution in [-0.4, -0.2) is 29.4 Å². The van der Waals surface area contributed by atoms with Gasteiger partial charge in [0.2, 0.25) is 0 Å². The van der Waals surface area contributed by atoms with Gasteiger partial charge in [0.05, 0.1) is 6.10 Å². The molecule has 1 atom stereocenters. The predicted octanol–water partition coefficient (Wildman–Crippen LogP) is 2.50. The number of carbonyl (C=O) groups is 1. The maximum atomic E-state index is 11.5. The molecule has 1 rings (SSSR count). The molecule has 0 spiro atoms. The molecule has 0 radical (unpaired) electrons. The second-order valence-electron chi connectivity index (χ2n) is 5.78. The number of carbonyl (C=O) groups excluding carboxylic acids is 1. The summed E-state index contributed by atoms with van der Waals surface area (Å²) in [6.45, 7) is 8.15. The summed E-state index contributed by atoms with van der Waals surface area (Å²) in [4.78, 5) is 11.5. The summed E-state index contributed by atoms with van der Waals surface area (Å²) in [6.07, 6.45) is -0.808. The fourth-order valence-electron chi connectivity index (χ4n) is 1.49. The van der Waals surface area contributed by atoms with E-state index in [4.69, 9.17) is 4.74 Å². The van der Waals surface area contributed by atoms with Crippen molar-refractivity contribution in [3.63, 3.8) is 0 Å². The Morgan fingerprint density at radius 3 is 2.40 bits per heavy atom. The fraction of sp³-hybridized carbons (Fsp3) is 0.533. The highest BCUT2D eigenvalue weighted by Gasteiger charge is 2.15. The van der Waals surface area contributed by atoms with Crippen LogP contribution in [0.15, 0.2) is 24.3 Å². The van der Waals surface area contributed by atoms with Gasteiger partial charge < -0.3 is 20.5 Å². The van der Waals surface area contributed by atoms with Crippen LogP contribution in [-0.2, 0) is 11.3 Å². The summed E-state index contributed by atoms with van der Waals surface area (Å²) < 4.78 is 5.16. The Bertz CT molecular complexity index is 422. The SMILES string of the molecule is CC(O)CNc1ccc(CNC(=O)OC(C)(C)C)cc1. The van der Waals surface area contributed by atoms with Crippen LogP contribution in [0.4, 0.5) is 10.5 Å². The van der Waals surface area contributed by atoms with Crippen LogP contribution in [0.25, 0.3) is 0 Å². The predicted molar refractivity (Wildman–Crippen MR) is 79.7 cm³/mol. The molecule has 3 N–H and O–H groups in total. The van der Waals surface area contributed by atoms with Crippen molar-refractivity contribution in [2.45, 2.75) is 45.9 Å². The zero-order chi connectivity index (χ0) is 15.2. The molecule has 0 aromatic heterocycles. The second kappa shape index (κ2) is 7.14. The average Bonchev–Trinajstić information content (AvgIpc) is 2.33. The molecule has 0 bridgehead atoms. The van der Waals surface area contributed by atoms with Gasteiger partial charge in [0.1, 0.15) is 5.60 Å². The van der Waals surface area contributed by atoms with E-state index in [1.54, 1.807) is 6.92 Å². The van der Waals surface area contributed by atoms with Crippen molar-refractivity contribution in [2.75, 3.05) is 11.9 Å². The van der Waals surface area contributed by atoms with Gasteiger partial charge in [0, 0.05) is 18.8 Å². The van der Waals surface area contributed by atoms with Gasteiger partial charge in [0.15, 0.2) is 0 Å². The highest BCUT2D eigenvalue weighted by Crippen LogP contribution is 2.10. The maximum Gasteiger partial charge on any atom is 0.407 e. The number of aliphatic hydroxyl groups excluding tert-OH is 1. The number of rotatable bonds is 5. The van der Waals surface area contributed by atoms with Crippen LogP contribution in [0.1, 0.15) is 33.3 Å². The van der Waals surface area contributed by atoms with Gasteiger partial charge in [-0.15, -0.1) is 0 Å². The zero-order valence-corrected chi connectivity index (χ0v) is 12.6. The average molecular weight is 280 g/mol. The minimum atomic E-state index is -0.487. The van der Waals surface area contributed by atoms with Gasteiger partial charge in [0.25, 0.3) is 0 Å². The lowest BCUT2D eigenvalue weighted by Gasteiger charge is -2.19. The van der Waals surface area contributed by atoms with E-state index in [1.807, 2.05) is 45.0 Å². The van der Waals surface area contributed by atoms with E-state index in [0.29, 0.717) is 13.1 Å². The fourth-order valence-corrected chi connectivity index (χ4v) is 1.49. The van der Waals surface area contributed by atoms with Crippen molar-refractivity contribution < 1.29 is 14.6 Å². The molecule has 0 aliphatic heterocycles. The highest BCUT2D eigenvalue weighted by molar-refractivity contribution is 5.67. The number of ether oxygens (including phenoxy) is 1. The number of hydrogen-bond donors (Lipinski definition) is 3. The topological polar surface area (TPSA) is 70.6 Å². The Morgan fingerprint density at radius 2 is 1.90 bits per heavy atom. The van der Waals surface area contributed by atoms with E-state index in [0.717, 1.165) is 11.3 Å². The summed E-state index contributed by atoms with van der Waals surface area (Å²) >= 11 is 0. The molecule has 0 aliphatic rings. The lowest BCUT2D eigenvalue weighted by molar-refractivity contribution is 0.0523. The number of nitrogens with one attached hydrogen (secondary N) is 2. The van der Waals surface area contributed by atoms with Crippen LogP contribution >= 0.6 is 0 Å². The molecule has 0 saturated heterocycles. The molecular weight excluding hydrogens is 256 g/mol. The Morgan fingerprint density at radius 1 is 1.30 bits per heavy atom. The summed E-state index contributed by atoms with van der Waals surface area (Å²) in [5.74, 6) is 0. The van der Waals surface area contributed by atoms with E-state index < -0.39 is 11.7 Å². The van der Waals surface area contributed by atoms with E-state index >= 15 is 0 Å². The molecule has 0 fully saturated rings. The molecule has 0 saturated carbocycles. The molecule has 0 heterocycles. The minimum Gasteiger partial charge on any atom is -0.444 e. The molecule has 20 heavy (non-hydrogen) atoms. The normalized spacial score (nSPS) is 12.7. The first kappa shape index (κ1) is 16.3. The first-order valence-electron chi connectivity index (χ1n) is 6.74. The Hall–Kier alpha value is -1.75. The highest BCUT2D eigenvalue weighted by atomic mass is 16.6. The second-order valence-corrected chi connectivity index (χ2v) is 5.78. The van der Waals surface area contributed by atoms with E-state index in [9.17, 15) is 9.90 Å². The van der Waals surface area contributed by atoms with Crippen LogP contribution in [0.2, 0.25) is 0 Å². The third-order valence-corrected chi connectivity index (χ3v) is 2.39. The van der Waals surface area contributed by atoms with Crippen molar-refractivity contribution >= 4 is 11.8 Å². The molecule has 0 aliphatic carbocycles. The molecule has 1 aromatic rings. The Labute approximate surface area is 120 Å². The Balaban J connectivity index is 2.40. The molecular formula is C15H24N2O3. The number of hydrogen-bond acceptors (Lipinski definition) is 4. The zero-order valence-electron chi connectivity index (χ0n) is 12.6. The number of benzene rings is 1. The summed E-state index contributed by atoms with van der Waals surface area (Å²) in [7, 11) is 0. The van der Waals surface area contributed by atoms with E-state index in [-0.39, 0.29) is 6.10 Å². The standard InChI is InChI=1S/C15H24N2O3/c1-11(18)9-16-13-7-5-12(6-8-13)10-17-14(19)20-15(2,3)4/h5-8,11,16,18H,9-10H2,1-4H3,(H,17,19). The van der Waals surface area contributed by atoms with Gasteiger partial charge >= 0.3 is 6.09 Å². The third kappa shape index (κ3) is 6.99. The van der Waals surface area contributed by atoms with Crippen LogP contribution in [0.5, 0.6) is 0 Å². The van der Waals surface area contributed by atoms with E-state index in [1.165, 1.54) is 0 Å². The molecule has 112 valence electrons. The summed E-state index contributed by atoms with van der Waals surface area (Å²) in [5.41, 5.74) is 1.43. The van der Waals surface area contributed by atoms with Crippen molar-refractivity contribution in [3.8, 4) is 0 Å². The summed E-state index contributed by atoms with van der Waals surface area (Å²) in [6, 6.07) is 7.66. The molecule has 1 unspecified atom stereocenters. The molecule has 5 nitrogen and oxygen atoms in total. The van der Waals surface area contributed by atoms with Gasteiger partial charge in [-0.1, -0.05) is 12.1 Å². The molecule has 1 aromatic carbocycles. The van der Waals surface area contributed by atoms with Crippen LogP contribution in [0, 0.1) is 0 Å². The van der Waals surface area contributed by atoms with Crippen molar-refractivity contribution in [2.24, 2.45) is 0 Å².